The molecule has 26 heavy (non-hydrogen) atoms. The molecular weight excluding hydrogens is 334 g/mol. The third-order valence-corrected chi connectivity index (χ3v) is 3.37. The Morgan fingerprint density at radius 1 is 0.962 bits per heavy atom. The Labute approximate surface area is 151 Å². The lowest BCUT2D eigenvalue weighted by Gasteiger charge is -2.09. The van der Waals surface area contributed by atoms with Crippen LogP contribution in [-0.2, 0) is 9.53 Å². The first-order chi connectivity index (χ1) is 12.5. The fourth-order valence-electron chi connectivity index (χ4n) is 2.17. The maximum absolute atomic E-state index is 11.9. The third-order valence-electron chi connectivity index (χ3n) is 3.37. The molecular formula is C19H21N3O4. The van der Waals surface area contributed by atoms with Crippen molar-refractivity contribution in [3.8, 4) is 0 Å². The van der Waals surface area contributed by atoms with E-state index >= 15 is 0 Å². The number of carbonyl (C=O) groups is 3. The SMILES string of the molecule is CCOC(=O)c1ccc(NC(=O)NCC(=O)Nc2cccc(C)c2)cc1. The fourth-order valence-corrected chi connectivity index (χ4v) is 2.17. The van der Waals surface area contributed by atoms with Crippen molar-refractivity contribution in [2.24, 2.45) is 0 Å². The molecule has 0 unspecified atom stereocenters. The molecule has 136 valence electrons. The van der Waals surface area contributed by atoms with Gasteiger partial charge in [0.15, 0.2) is 0 Å². The minimum atomic E-state index is -0.520. The minimum Gasteiger partial charge on any atom is -0.462 e. The molecule has 0 saturated heterocycles. The molecule has 0 heterocycles. The smallest absolute Gasteiger partial charge is 0.338 e. The molecule has 2 rings (SSSR count). The second-order valence-corrected chi connectivity index (χ2v) is 5.52. The highest BCUT2D eigenvalue weighted by Gasteiger charge is 2.08. The number of hydrogen-bond donors (Lipinski definition) is 3. The van der Waals surface area contributed by atoms with E-state index in [1.165, 1.54) is 0 Å². The number of benzene rings is 2. The first-order valence-corrected chi connectivity index (χ1v) is 8.16. The topological polar surface area (TPSA) is 96.5 Å². The van der Waals surface area contributed by atoms with Crippen molar-refractivity contribution in [1.29, 1.82) is 0 Å². The molecule has 0 spiro atoms. The summed E-state index contributed by atoms with van der Waals surface area (Å²) in [5.74, 6) is -0.750. The number of anilines is 2. The number of rotatable bonds is 6. The quantitative estimate of drug-likeness (QED) is 0.694. The molecule has 0 atom stereocenters. The Hall–Kier alpha value is -3.35. The van der Waals surface area contributed by atoms with Crippen molar-refractivity contribution in [2.75, 3.05) is 23.8 Å². The highest BCUT2D eigenvalue weighted by Crippen LogP contribution is 2.11. The summed E-state index contributed by atoms with van der Waals surface area (Å²) < 4.78 is 4.89. The first-order valence-electron chi connectivity index (χ1n) is 8.16. The lowest BCUT2D eigenvalue weighted by molar-refractivity contribution is -0.115. The Morgan fingerprint density at radius 2 is 1.69 bits per heavy atom. The van der Waals surface area contributed by atoms with Gasteiger partial charge >= 0.3 is 12.0 Å². The van der Waals surface area contributed by atoms with Crippen molar-refractivity contribution in [3.05, 3.63) is 59.7 Å². The largest absolute Gasteiger partial charge is 0.462 e. The van der Waals surface area contributed by atoms with Crippen LogP contribution in [0.25, 0.3) is 0 Å². The molecule has 7 heteroatoms. The molecule has 0 saturated carbocycles. The van der Waals surface area contributed by atoms with Gasteiger partial charge in [-0.3, -0.25) is 4.79 Å². The van der Waals surface area contributed by atoms with Gasteiger partial charge in [-0.05, 0) is 55.8 Å². The van der Waals surface area contributed by atoms with Crippen molar-refractivity contribution in [1.82, 2.24) is 5.32 Å². The molecule has 0 aliphatic carbocycles. The zero-order valence-electron chi connectivity index (χ0n) is 14.7. The van der Waals surface area contributed by atoms with Gasteiger partial charge in [-0.1, -0.05) is 12.1 Å². The van der Waals surface area contributed by atoms with Crippen LogP contribution in [0.2, 0.25) is 0 Å². The average molecular weight is 355 g/mol. The van der Waals surface area contributed by atoms with E-state index < -0.39 is 12.0 Å². The van der Waals surface area contributed by atoms with Gasteiger partial charge in [0, 0.05) is 11.4 Å². The predicted octanol–water partition coefficient (Wildman–Crippen LogP) is 2.93. The highest BCUT2D eigenvalue weighted by molar-refractivity contribution is 5.97. The molecule has 2 aromatic rings. The maximum Gasteiger partial charge on any atom is 0.338 e. The standard InChI is InChI=1S/C19H21N3O4/c1-3-26-18(24)14-7-9-15(10-8-14)22-19(25)20-12-17(23)21-16-6-4-5-13(2)11-16/h4-11H,3,12H2,1-2H3,(H,21,23)(H2,20,22,25). The summed E-state index contributed by atoms with van der Waals surface area (Å²) >= 11 is 0. The van der Waals surface area contributed by atoms with E-state index in [2.05, 4.69) is 16.0 Å². The van der Waals surface area contributed by atoms with Gasteiger partial charge < -0.3 is 20.7 Å². The zero-order chi connectivity index (χ0) is 18.9. The summed E-state index contributed by atoms with van der Waals surface area (Å²) in [4.78, 5) is 35.3. The number of carbonyl (C=O) groups excluding carboxylic acids is 3. The van der Waals surface area contributed by atoms with Gasteiger partial charge in [0.25, 0.3) is 0 Å². The number of urea groups is 1. The van der Waals surface area contributed by atoms with Crippen LogP contribution in [0.15, 0.2) is 48.5 Å². The summed E-state index contributed by atoms with van der Waals surface area (Å²) in [7, 11) is 0. The van der Waals surface area contributed by atoms with Crippen molar-refractivity contribution >= 4 is 29.3 Å². The lowest BCUT2D eigenvalue weighted by Crippen LogP contribution is -2.35. The summed E-state index contributed by atoms with van der Waals surface area (Å²) in [6.45, 7) is 3.79. The molecule has 0 aromatic heterocycles. The van der Waals surface area contributed by atoms with E-state index in [1.54, 1.807) is 37.3 Å². The molecule has 3 N–H and O–H groups in total. The minimum absolute atomic E-state index is 0.166. The van der Waals surface area contributed by atoms with E-state index in [4.69, 9.17) is 4.74 Å². The number of hydrogen-bond acceptors (Lipinski definition) is 4. The second kappa shape index (κ2) is 9.22. The number of aryl methyl sites for hydroxylation is 1. The van der Waals surface area contributed by atoms with Crippen LogP contribution in [0.3, 0.4) is 0 Å². The van der Waals surface area contributed by atoms with Gasteiger partial charge in [-0.2, -0.15) is 0 Å². The number of nitrogens with one attached hydrogen (secondary N) is 3. The third kappa shape index (κ3) is 5.94. The van der Waals surface area contributed by atoms with E-state index in [9.17, 15) is 14.4 Å². The van der Waals surface area contributed by atoms with Gasteiger partial charge in [-0.15, -0.1) is 0 Å². The summed E-state index contributed by atoms with van der Waals surface area (Å²) in [5, 5.41) is 7.76. The Kier molecular flexibility index (Phi) is 6.73. The number of amides is 3. The van der Waals surface area contributed by atoms with Crippen LogP contribution in [0.5, 0.6) is 0 Å². The summed E-state index contributed by atoms with van der Waals surface area (Å²) in [5.41, 5.74) is 2.59. The van der Waals surface area contributed by atoms with Gasteiger partial charge in [0.05, 0.1) is 18.7 Å². The number of ether oxygens (including phenoxy) is 1. The van der Waals surface area contributed by atoms with Gasteiger partial charge in [-0.25, -0.2) is 9.59 Å². The van der Waals surface area contributed by atoms with Crippen LogP contribution in [0.4, 0.5) is 16.2 Å². The van der Waals surface area contributed by atoms with E-state index in [-0.39, 0.29) is 12.5 Å². The molecule has 0 bridgehead atoms. The van der Waals surface area contributed by atoms with Crippen LogP contribution in [0, 0.1) is 6.92 Å². The Balaban J connectivity index is 1.79. The summed E-state index contributed by atoms with van der Waals surface area (Å²) in [6.07, 6.45) is 0. The fraction of sp³-hybridized carbons (Fsp3) is 0.211. The van der Waals surface area contributed by atoms with Crippen LogP contribution in [0.1, 0.15) is 22.8 Å². The van der Waals surface area contributed by atoms with Crippen molar-refractivity contribution in [3.63, 3.8) is 0 Å². The van der Waals surface area contributed by atoms with Crippen LogP contribution in [-0.4, -0.2) is 31.1 Å². The van der Waals surface area contributed by atoms with Crippen molar-refractivity contribution in [2.45, 2.75) is 13.8 Å². The van der Waals surface area contributed by atoms with Crippen molar-refractivity contribution < 1.29 is 19.1 Å². The second-order valence-electron chi connectivity index (χ2n) is 5.52. The molecule has 0 aliphatic rings. The molecule has 2 aromatic carbocycles. The molecule has 0 aliphatic heterocycles. The highest BCUT2D eigenvalue weighted by atomic mass is 16.5. The molecule has 3 amide bonds. The first kappa shape index (κ1) is 19.0. The summed E-state index contributed by atoms with van der Waals surface area (Å²) in [6, 6.07) is 13.1. The lowest BCUT2D eigenvalue weighted by atomic mass is 10.2. The maximum atomic E-state index is 11.9. The molecule has 0 fully saturated rings. The monoisotopic (exact) mass is 355 g/mol. The van der Waals surface area contributed by atoms with Crippen LogP contribution >= 0.6 is 0 Å². The molecule has 7 nitrogen and oxygen atoms in total. The Bertz CT molecular complexity index is 788. The zero-order valence-corrected chi connectivity index (χ0v) is 14.7. The van der Waals surface area contributed by atoms with E-state index in [0.29, 0.717) is 23.5 Å². The Morgan fingerprint density at radius 3 is 2.35 bits per heavy atom. The number of esters is 1. The van der Waals surface area contributed by atoms with Gasteiger partial charge in [0.2, 0.25) is 5.91 Å². The van der Waals surface area contributed by atoms with Gasteiger partial charge in [0.1, 0.15) is 0 Å². The predicted molar refractivity (Wildman–Crippen MR) is 99.2 cm³/mol. The van der Waals surface area contributed by atoms with E-state index in [1.807, 2.05) is 25.1 Å². The normalized spacial score (nSPS) is 9.92. The van der Waals surface area contributed by atoms with Crippen LogP contribution < -0.4 is 16.0 Å². The molecule has 0 radical (unpaired) electrons. The average Bonchev–Trinajstić information content (AvgIpc) is 2.61. The van der Waals surface area contributed by atoms with E-state index in [0.717, 1.165) is 5.56 Å².